The first-order valence-electron chi connectivity index (χ1n) is 6.26. The summed E-state index contributed by atoms with van der Waals surface area (Å²) in [6.07, 6.45) is 0. The summed E-state index contributed by atoms with van der Waals surface area (Å²) < 4.78 is 0. The van der Waals surface area contributed by atoms with Gasteiger partial charge in [-0.25, -0.2) is 0 Å². The van der Waals surface area contributed by atoms with Gasteiger partial charge in [-0.1, -0.05) is 12.1 Å². The molecule has 2 aromatic rings. The second kappa shape index (κ2) is 10.4. The van der Waals surface area contributed by atoms with Crippen LogP contribution in [0.4, 0.5) is 22.7 Å². The molecule has 0 aromatic heterocycles. The van der Waals surface area contributed by atoms with Gasteiger partial charge in [-0.3, -0.25) is 40.5 Å². The maximum atomic E-state index is 10.8. The van der Waals surface area contributed by atoms with Crippen molar-refractivity contribution >= 4 is 22.7 Å². The van der Waals surface area contributed by atoms with Gasteiger partial charge in [-0.05, 0) is 11.8 Å². The molecule has 15 heteroatoms. The van der Waals surface area contributed by atoms with Gasteiger partial charge in [-0.15, -0.1) is 0 Å². The first kappa shape index (κ1) is 24.3. The molecule has 0 radical (unpaired) electrons. The topological polar surface area (TPSA) is 216 Å². The van der Waals surface area contributed by atoms with E-state index in [-0.39, 0.29) is 51.4 Å². The number of hydrogen-bond acceptors (Lipinski definition) is 10. The molecule has 0 aliphatic heterocycles. The summed E-state index contributed by atoms with van der Waals surface area (Å²) >= 11 is 0. The molecule has 136 valence electrons. The summed E-state index contributed by atoms with van der Waals surface area (Å²) in [5, 5.41) is 60.7. The number of benzene rings is 2. The third kappa shape index (κ3) is 6.50. The van der Waals surface area contributed by atoms with Crippen LogP contribution in [0.15, 0.2) is 36.4 Å². The normalized spacial score (nSPS) is 9.19. The summed E-state index contributed by atoms with van der Waals surface area (Å²) in [6, 6.07) is 5.53. The number of non-ortho nitro benzene ring substituents is 1. The van der Waals surface area contributed by atoms with Crippen LogP contribution in [0.1, 0.15) is 0 Å². The van der Waals surface area contributed by atoms with Crippen LogP contribution >= 0.6 is 0 Å². The third-order valence-electron chi connectivity index (χ3n) is 2.72. The molecule has 0 saturated carbocycles. The number of aromatic hydroxyl groups is 1. The predicted molar refractivity (Wildman–Crippen MR) is 80.6 cm³/mol. The first-order chi connectivity index (χ1) is 12.1. The van der Waals surface area contributed by atoms with Gasteiger partial charge in [0.2, 0.25) is 0 Å². The van der Waals surface area contributed by atoms with Crippen LogP contribution in [0.3, 0.4) is 0 Å². The SMILES string of the molecule is O=[N+]([O-])c1ccc(O)c([N+](=O)[O-])c1.O=[N+]([O-])c1cccc([O-])c1[N+](=O)[O-].[K+]. The molecule has 0 aliphatic carbocycles. The number of phenolic OH excluding ortho intramolecular Hbond substituents is 1. The second-order valence-electron chi connectivity index (χ2n) is 4.33. The van der Waals surface area contributed by atoms with Gasteiger partial charge in [0.05, 0.1) is 25.8 Å². The molecule has 0 unspecified atom stereocenters. The molecule has 0 spiro atoms. The van der Waals surface area contributed by atoms with E-state index >= 15 is 0 Å². The summed E-state index contributed by atoms with van der Waals surface area (Å²) in [5.41, 5.74) is -2.87. The fourth-order valence-corrected chi connectivity index (χ4v) is 1.61. The Labute approximate surface area is 191 Å². The Morgan fingerprint density at radius 1 is 0.741 bits per heavy atom. The van der Waals surface area contributed by atoms with Gasteiger partial charge in [0, 0.05) is 12.1 Å². The largest absolute Gasteiger partial charge is 1.00 e. The molecule has 0 atom stereocenters. The van der Waals surface area contributed by atoms with E-state index in [0.29, 0.717) is 6.07 Å². The van der Waals surface area contributed by atoms with Crippen LogP contribution < -0.4 is 56.5 Å². The van der Waals surface area contributed by atoms with E-state index in [1.165, 1.54) is 0 Å². The van der Waals surface area contributed by atoms with E-state index in [9.17, 15) is 45.6 Å². The van der Waals surface area contributed by atoms with E-state index < -0.39 is 53.9 Å². The van der Waals surface area contributed by atoms with Gasteiger partial charge >= 0.3 is 68.4 Å². The van der Waals surface area contributed by atoms with Crippen molar-refractivity contribution < 1.29 is 81.3 Å². The number of phenols is 1. The van der Waals surface area contributed by atoms with Crippen LogP contribution in [0, 0.1) is 40.5 Å². The molecule has 0 bridgehead atoms. The van der Waals surface area contributed by atoms with E-state index in [4.69, 9.17) is 5.11 Å². The van der Waals surface area contributed by atoms with Crippen molar-refractivity contribution in [3.8, 4) is 11.5 Å². The molecular formula is C12H7KN4O10. The molecule has 27 heavy (non-hydrogen) atoms. The summed E-state index contributed by atoms with van der Waals surface area (Å²) in [6.45, 7) is 0. The monoisotopic (exact) mass is 406 g/mol. The number of nitro groups is 4. The predicted octanol–water partition coefficient (Wildman–Crippen LogP) is -1.21. The van der Waals surface area contributed by atoms with Crippen LogP contribution in [-0.4, -0.2) is 24.8 Å². The number of rotatable bonds is 4. The average Bonchev–Trinajstić information content (AvgIpc) is 2.54. The van der Waals surface area contributed by atoms with Crippen LogP contribution in [0.5, 0.6) is 11.5 Å². The fourth-order valence-electron chi connectivity index (χ4n) is 1.61. The maximum absolute atomic E-state index is 10.8. The molecular weight excluding hydrogens is 399 g/mol. The number of hydrogen-bond donors (Lipinski definition) is 1. The fraction of sp³-hybridized carbons (Fsp3) is 0. The number of nitro benzene ring substituents is 4. The van der Waals surface area contributed by atoms with Crippen LogP contribution in [0.25, 0.3) is 0 Å². The smallest absolute Gasteiger partial charge is 0.868 e. The van der Waals surface area contributed by atoms with E-state index in [2.05, 4.69) is 0 Å². The third-order valence-corrected chi connectivity index (χ3v) is 2.72. The molecule has 14 nitrogen and oxygen atoms in total. The molecule has 0 saturated heterocycles. The maximum Gasteiger partial charge on any atom is 1.00 e. The molecule has 1 N–H and O–H groups in total. The average molecular weight is 406 g/mol. The van der Waals surface area contributed by atoms with Gasteiger partial charge in [0.1, 0.15) is 0 Å². The summed E-state index contributed by atoms with van der Waals surface area (Å²) in [4.78, 5) is 37.2. The van der Waals surface area contributed by atoms with Crippen LogP contribution in [-0.2, 0) is 0 Å². The number of para-hydroxylation sites is 1. The Morgan fingerprint density at radius 3 is 1.70 bits per heavy atom. The minimum Gasteiger partial charge on any atom is -0.868 e. The Morgan fingerprint density at radius 2 is 1.30 bits per heavy atom. The quantitative estimate of drug-likeness (QED) is 0.363. The minimum atomic E-state index is -1.06. The van der Waals surface area contributed by atoms with Gasteiger partial charge < -0.3 is 10.2 Å². The zero-order valence-electron chi connectivity index (χ0n) is 13.4. The van der Waals surface area contributed by atoms with Crippen LogP contribution in [0.2, 0.25) is 0 Å². The zero-order valence-corrected chi connectivity index (χ0v) is 16.5. The van der Waals surface area contributed by atoms with Crippen molar-refractivity contribution in [2.75, 3.05) is 0 Å². The van der Waals surface area contributed by atoms with Crippen molar-refractivity contribution in [2.24, 2.45) is 0 Å². The van der Waals surface area contributed by atoms with Crippen molar-refractivity contribution in [3.05, 3.63) is 76.9 Å². The molecule has 0 fully saturated rings. The van der Waals surface area contributed by atoms with Crippen molar-refractivity contribution in [2.45, 2.75) is 0 Å². The van der Waals surface area contributed by atoms with Gasteiger partial charge in [-0.2, -0.15) is 0 Å². The first-order valence-corrected chi connectivity index (χ1v) is 6.26. The van der Waals surface area contributed by atoms with Gasteiger partial charge in [0.25, 0.3) is 5.69 Å². The molecule has 0 amide bonds. The Balaban J connectivity index is 0.000000483. The van der Waals surface area contributed by atoms with E-state index in [0.717, 1.165) is 30.3 Å². The van der Waals surface area contributed by atoms with Crippen molar-refractivity contribution in [3.63, 3.8) is 0 Å². The van der Waals surface area contributed by atoms with Gasteiger partial charge in [0.15, 0.2) is 5.75 Å². The molecule has 0 aliphatic rings. The Kier molecular flexibility index (Phi) is 9.38. The molecule has 0 heterocycles. The number of nitrogens with zero attached hydrogens (tertiary/aromatic N) is 4. The minimum absolute atomic E-state index is 0. The second-order valence-corrected chi connectivity index (χ2v) is 4.33. The zero-order chi connectivity index (χ0) is 20.0. The molecule has 2 rings (SSSR count). The Hall–Kier alpha value is -2.72. The van der Waals surface area contributed by atoms with Crippen molar-refractivity contribution in [1.82, 2.24) is 0 Å². The standard InChI is InChI=1S/2C6H4N2O5.K/c9-6-2-1-4(7(10)11)3-5(6)8(12)13;9-5-3-1-2-4(7(10)11)6(5)8(12)13;/h2*1-3,9H;/q;;+1/p-1. The van der Waals surface area contributed by atoms with E-state index in [1.807, 2.05) is 0 Å². The van der Waals surface area contributed by atoms with E-state index in [1.54, 1.807) is 0 Å². The Bertz CT molecular complexity index is 904. The summed E-state index contributed by atoms with van der Waals surface area (Å²) in [5.74, 6) is -1.55. The molecule has 2 aromatic carbocycles. The van der Waals surface area contributed by atoms with Crippen molar-refractivity contribution in [1.29, 1.82) is 0 Å². The summed E-state index contributed by atoms with van der Waals surface area (Å²) in [7, 11) is 0.